The molecule has 18 heavy (non-hydrogen) atoms. The predicted molar refractivity (Wildman–Crippen MR) is 71.8 cm³/mol. The van der Waals surface area contributed by atoms with Crippen LogP contribution < -0.4 is 10.2 Å². The Bertz CT molecular complexity index is 594. The molecule has 3 aliphatic rings. The number of piperazine rings is 1. The minimum atomic E-state index is 0.652. The fourth-order valence-electron chi connectivity index (χ4n) is 3.09. The van der Waals surface area contributed by atoms with Gasteiger partial charge in [-0.2, -0.15) is 0 Å². The first-order valence-corrected chi connectivity index (χ1v) is 6.52. The Morgan fingerprint density at radius 2 is 2.00 bits per heavy atom. The van der Waals surface area contributed by atoms with Crippen LogP contribution in [0.15, 0.2) is 24.5 Å². The van der Waals surface area contributed by atoms with Gasteiger partial charge in [0.15, 0.2) is 0 Å². The lowest BCUT2D eigenvalue weighted by molar-refractivity contribution is 0.225. The zero-order chi connectivity index (χ0) is 12.1. The molecule has 0 saturated carbocycles. The molecule has 1 aromatic carbocycles. The van der Waals surface area contributed by atoms with Crippen LogP contribution >= 0.6 is 0 Å². The number of piperidine rings is 1. The number of aromatic nitrogens is 2. The van der Waals surface area contributed by atoms with Gasteiger partial charge in [0, 0.05) is 30.6 Å². The smallest absolute Gasteiger partial charge is 0.139 e. The van der Waals surface area contributed by atoms with Crippen LogP contribution in [-0.4, -0.2) is 35.1 Å². The van der Waals surface area contributed by atoms with E-state index in [2.05, 4.69) is 45.3 Å². The lowest BCUT2D eigenvalue weighted by Crippen LogP contribution is -2.67. The van der Waals surface area contributed by atoms with E-state index in [0.717, 1.165) is 24.4 Å². The average molecular weight is 240 g/mol. The number of aryl methyl sites for hydroxylation is 1. The predicted octanol–water partition coefficient (Wildman–Crippen LogP) is 1.49. The van der Waals surface area contributed by atoms with Gasteiger partial charge in [-0.05, 0) is 31.0 Å². The summed E-state index contributed by atoms with van der Waals surface area (Å²) in [6.45, 7) is 4.23. The number of nitrogens with one attached hydrogen (secondary N) is 1. The molecule has 3 fully saturated rings. The van der Waals surface area contributed by atoms with Crippen molar-refractivity contribution in [2.45, 2.75) is 25.4 Å². The normalized spacial score (nSPS) is 26.2. The van der Waals surface area contributed by atoms with Gasteiger partial charge in [-0.15, -0.1) is 0 Å². The summed E-state index contributed by atoms with van der Waals surface area (Å²) in [6.07, 6.45) is 3.00. The first-order valence-electron chi connectivity index (χ1n) is 6.52. The lowest BCUT2D eigenvalue weighted by atomic mass is 9.91. The van der Waals surface area contributed by atoms with Crippen molar-refractivity contribution in [2.24, 2.45) is 0 Å². The zero-order valence-electron chi connectivity index (χ0n) is 10.4. The van der Waals surface area contributed by atoms with Crippen LogP contribution in [0.2, 0.25) is 0 Å². The molecule has 0 radical (unpaired) electrons. The molecule has 2 atom stereocenters. The molecule has 0 spiro atoms. The maximum Gasteiger partial charge on any atom is 0.139 e. The first-order chi connectivity index (χ1) is 8.79. The highest BCUT2D eigenvalue weighted by Crippen LogP contribution is 2.29. The molecule has 2 aromatic rings. The summed E-state index contributed by atoms with van der Waals surface area (Å²) < 4.78 is 0. The molecular weight excluding hydrogens is 224 g/mol. The number of benzene rings is 1. The van der Waals surface area contributed by atoms with Gasteiger partial charge in [-0.3, -0.25) is 0 Å². The Hall–Kier alpha value is -1.68. The topological polar surface area (TPSA) is 41.0 Å². The van der Waals surface area contributed by atoms with Gasteiger partial charge >= 0.3 is 0 Å². The van der Waals surface area contributed by atoms with E-state index in [9.17, 15) is 0 Å². The molecule has 2 bridgehead atoms. The number of hydrogen-bond donors (Lipinski definition) is 1. The van der Waals surface area contributed by atoms with Crippen LogP contribution in [0.5, 0.6) is 0 Å². The van der Waals surface area contributed by atoms with Crippen LogP contribution in [0.25, 0.3) is 10.9 Å². The van der Waals surface area contributed by atoms with E-state index in [4.69, 9.17) is 0 Å². The second-order valence-electron chi connectivity index (χ2n) is 5.42. The maximum absolute atomic E-state index is 4.50. The minimum Gasteiger partial charge on any atom is -0.353 e. The summed E-state index contributed by atoms with van der Waals surface area (Å²) in [5, 5.41) is 4.72. The van der Waals surface area contributed by atoms with Crippen molar-refractivity contribution in [1.29, 1.82) is 0 Å². The number of nitrogens with zero attached hydrogens (tertiary/aromatic N) is 3. The monoisotopic (exact) mass is 240 g/mol. The fraction of sp³-hybridized carbons (Fsp3) is 0.429. The molecular formula is C14H16N4. The molecule has 1 aromatic heterocycles. The molecule has 0 aliphatic carbocycles. The van der Waals surface area contributed by atoms with E-state index < -0.39 is 0 Å². The van der Waals surface area contributed by atoms with E-state index in [0.29, 0.717) is 12.1 Å². The minimum absolute atomic E-state index is 0.652. The maximum atomic E-state index is 4.50. The summed E-state index contributed by atoms with van der Waals surface area (Å²) in [5.74, 6) is 1.09. The standard InChI is InChI=1S/C14H16N4/c1-9-2-3-12-13(4-9)15-8-16-14(12)18-6-10-5-11(7-18)17-10/h2-4,8,10-11,17H,5-7H2,1H3. The molecule has 2 unspecified atom stereocenters. The van der Waals surface area contributed by atoms with Crippen molar-refractivity contribution < 1.29 is 0 Å². The van der Waals surface area contributed by atoms with Gasteiger partial charge in [-0.25, -0.2) is 9.97 Å². The Labute approximate surface area is 106 Å². The summed E-state index contributed by atoms with van der Waals surface area (Å²) >= 11 is 0. The third-order valence-corrected chi connectivity index (χ3v) is 3.99. The van der Waals surface area contributed by atoms with Crippen LogP contribution in [0.3, 0.4) is 0 Å². The van der Waals surface area contributed by atoms with Gasteiger partial charge in [0.2, 0.25) is 0 Å². The number of hydrogen-bond acceptors (Lipinski definition) is 4. The summed E-state index contributed by atoms with van der Waals surface area (Å²) in [5.41, 5.74) is 2.29. The average Bonchev–Trinajstić information content (AvgIpc) is 2.37. The third-order valence-electron chi connectivity index (χ3n) is 3.99. The van der Waals surface area contributed by atoms with Crippen molar-refractivity contribution in [3.8, 4) is 0 Å². The molecule has 1 N–H and O–H groups in total. The van der Waals surface area contributed by atoms with Crippen molar-refractivity contribution >= 4 is 16.7 Å². The summed E-state index contributed by atoms with van der Waals surface area (Å²) in [4.78, 5) is 11.3. The van der Waals surface area contributed by atoms with E-state index in [1.54, 1.807) is 6.33 Å². The third kappa shape index (κ3) is 1.49. The van der Waals surface area contributed by atoms with Crippen molar-refractivity contribution in [3.05, 3.63) is 30.1 Å². The van der Waals surface area contributed by atoms with E-state index >= 15 is 0 Å². The highest BCUT2D eigenvalue weighted by molar-refractivity contribution is 5.89. The highest BCUT2D eigenvalue weighted by Gasteiger charge is 2.37. The van der Waals surface area contributed by atoms with Gasteiger partial charge in [0.1, 0.15) is 12.1 Å². The number of anilines is 1. The molecule has 3 saturated heterocycles. The second-order valence-corrected chi connectivity index (χ2v) is 5.42. The fourth-order valence-corrected chi connectivity index (χ4v) is 3.09. The quantitative estimate of drug-likeness (QED) is 0.820. The molecule has 3 aliphatic heterocycles. The lowest BCUT2D eigenvalue weighted by Gasteiger charge is -2.48. The van der Waals surface area contributed by atoms with Crippen LogP contribution in [0.4, 0.5) is 5.82 Å². The Kier molecular flexibility index (Phi) is 2.08. The van der Waals surface area contributed by atoms with Gasteiger partial charge < -0.3 is 10.2 Å². The summed E-state index contributed by atoms with van der Waals surface area (Å²) in [6, 6.07) is 7.72. The van der Waals surface area contributed by atoms with Crippen molar-refractivity contribution in [2.75, 3.05) is 18.0 Å². The molecule has 5 rings (SSSR count). The first kappa shape index (κ1) is 10.3. The van der Waals surface area contributed by atoms with Gasteiger partial charge in [0.25, 0.3) is 0 Å². The molecule has 4 heterocycles. The zero-order valence-corrected chi connectivity index (χ0v) is 10.4. The SMILES string of the molecule is Cc1ccc2c(N3CC4CC(C3)N4)ncnc2c1. The molecule has 0 amide bonds. The highest BCUT2D eigenvalue weighted by atomic mass is 15.3. The Balaban J connectivity index is 1.80. The van der Waals surface area contributed by atoms with Gasteiger partial charge in [0.05, 0.1) is 5.52 Å². The van der Waals surface area contributed by atoms with Gasteiger partial charge in [-0.1, -0.05) is 6.07 Å². The van der Waals surface area contributed by atoms with Crippen molar-refractivity contribution in [1.82, 2.24) is 15.3 Å². The Morgan fingerprint density at radius 1 is 1.22 bits per heavy atom. The second kappa shape index (κ2) is 3.65. The van der Waals surface area contributed by atoms with Crippen LogP contribution in [-0.2, 0) is 0 Å². The molecule has 4 nitrogen and oxygen atoms in total. The Morgan fingerprint density at radius 3 is 2.78 bits per heavy atom. The van der Waals surface area contributed by atoms with E-state index in [1.165, 1.54) is 17.4 Å². The number of rotatable bonds is 1. The van der Waals surface area contributed by atoms with Crippen LogP contribution in [0.1, 0.15) is 12.0 Å². The van der Waals surface area contributed by atoms with E-state index in [1.807, 2.05) is 0 Å². The molecule has 92 valence electrons. The van der Waals surface area contributed by atoms with Crippen molar-refractivity contribution in [3.63, 3.8) is 0 Å². The largest absolute Gasteiger partial charge is 0.353 e. The number of fused-ring (bicyclic) bond motifs is 3. The van der Waals surface area contributed by atoms with Crippen LogP contribution in [0, 0.1) is 6.92 Å². The molecule has 4 heteroatoms. The summed E-state index contributed by atoms with van der Waals surface area (Å²) in [7, 11) is 0. The van der Waals surface area contributed by atoms with E-state index in [-0.39, 0.29) is 0 Å².